The second-order valence-corrected chi connectivity index (χ2v) is 5.95. The van der Waals surface area contributed by atoms with Gasteiger partial charge in [0.05, 0.1) is 19.8 Å². The zero-order valence-corrected chi connectivity index (χ0v) is 14.9. The maximum Gasteiger partial charge on any atom is 0.337 e. The van der Waals surface area contributed by atoms with E-state index in [1.54, 1.807) is 19.2 Å². The summed E-state index contributed by atoms with van der Waals surface area (Å²) in [6.07, 6.45) is 3.36. The lowest BCUT2D eigenvalue weighted by Crippen LogP contribution is -2.03. The van der Waals surface area contributed by atoms with Gasteiger partial charge in [-0.15, -0.1) is 0 Å². The largest absolute Gasteiger partial charge is 0.496 e. The van der Waals surface area contributed by atoms with Crippen molar-refractivity contribution in [1.82, 2.24) is 4.57 Å². The highest BCUT2D eigenvalue weighted by atomic mass is 16.5. The van der Waals surface area contributed by atoms with Gasteiger partial charge in [-0.1, -0.05) is 6.07 Å². The summed E-state index contributed by atoms with van der Waals surface area (Å²) in [4.78, 5) is 22.4. The number of amides is 1. The molecule has 6 nitrogen and oxygen atoms in total. The number of aromatic nitrogens is 1. The minimum Gasteiger partial charge on any atom is -0.496 e. The highest BCUT2D eigenvalue weighted by molar-refractivity contribution is 5.91. The van der Waals surface area contributed by atoms with Crippen LogP contribution in [0.3, 0.4) is 0 Å². The molecule has 1 aromatic heterocycles. The molecule has 0 radical (unpaired) electrons. The average molecular weight is 352 g/mol. The summed E-state index contributed by atoms with van der Waals surface area (Å²) in [5.41, 5.74) is 4.32. The Balaban J connectivity index is 2.01. The van der Waals surface area contributed by atoms with Crippen molar-refractivity contribution >= 4 is 29.0 Å². The summed E-state index contributed by atoms with van der Waals surface area (Å²) in [7, 11) is 4.91. The van der Waals surface area contributed by atoms with Crippen LogP contribution in [0.1, 0.15) is 21.5 Å². The predicted molar refractivity (Wildman–Crippen MR) is 99.7 cm³/mol. The summed E-state index contributed by atoms with van der Waals surface area (Å²) in [5, 5.41) is 3.74. The van der Waals surface area contributed by atoms with E-state index in [1.807, 2.05) is 35.9 Å². The van der Waals surface area contributed by atoms with Crippen LogP contribution in [0.2, 0.25) is 0 Å². The minimum absolute atomic E-state index is 0.399. The van der Waals surface area contributed by atoms with E-state index in [2.05, 4.69) is 11.5 Å². The lowest BCUT2D eigenvalue weighted by Gasteiger charge is -2.10. The van der Waals surface area contributed by atoms with Gasteiger partial charge in [0.25, 0.3) is 0 Å². The first-order valence-electron chi connectivity index (χ1n) is 8.10. The fourth-order valence-electron chi connectivity index (χ4n) is 3.11. The Morgan fingerprint density at radius 1 is 1.15 bits per heavy atom. The van der Waals surface area contributed by atoms with Crippen molar-refractivity contribution in [1.29, 1.82) is 0 Å². The Morgan fingerprint density at radius 3 is 2.65 bits per heavy atom. The lowest BCUT2D eigenvalue weighted by molar-refractivity contribution is -0.105. The maximum absolute atomic E-state index is 11.7. The number of carbonyl (C=O) groups is 2. The van der Waals surface area contributed by atoms with E-state index in [4.69, 9.17) is 9.47 Å². The summed E-state index contributed by atoms with van der Waals surface area (Å²) < 4.78 is 12.3. The first-order chi connectivity index (χ1) is 12.6. The zero-order chi connectivity index (χ0) is 18.7. The number of nitrogens with one attached hydrogen (secondary N) is 1. The molecule has 0 unspecified atom stereocenters. The van der Waals surface area contributed by atoms with Gasteiger partial charge in [-0.05, 0) is 41.5 Å². The Bertz CT molecular complexity index is 975. The Morgan fingerprint density at radius 2 is 1.96 bits per heavy atom. The van der Waals surface area contributed by atoms with Crippen LogP contribution >= 0.6 is 0 Å². The molecule has 0 bridgehead atoms. The third kappa shape index (κ3) is 3.26. The number of nitrogens with zero attached hydrogens (tertiary/aromatic N) is 1. The van der Waals surface area contributed by atoms with Crippen LogP contribution < -0.4 is 10.1 Å². The number of esters is 1. The van der Waals surface area contributed by atoms with E-state index in [1.165, 1.54) is 7.11 Å². The van der Waals surface area contributed by atoms with Crippen molar-refractivity contribution in [3.63, 3.8) is 0 Å². The molecular formula is C20H20N2O4. The smallest absolute Gasteiger partial charge is 0.337 e. The molecule has 0 aliphatic heterocycles. The number of methoxy groups -OCH3 is 2. The van der Waals surface area contributed by atoms with Crippen molar-refractivity contribution in [2.75, 3.05) is 19.5 Å². The van der Waals surface area contributed by atoms with Crippen molar-refractivity contribution in [3.8, 4) is 5.75 Å². The van der Waals surface area contributed by atoms with E-state index < -0.39 is 5.97 Å². The van der Waals surface area contributed by atoms with Crippen molar-refractivity contribution in [2.45, 2.75) is 6.42 Å². The third-order valence-corrected chi connectivity index (χ3v) is 4.39. The molecule has 0 spiro atoms. The summed E-state index contributed by atoms with van der Waals surface area (Å²) in [6.45, 7) is 0. The molecule has 0 saturated carbocycles. The van der Waals surface area contributed by atoms with E-state index in [0.717, 1.165) is 27.7 Å². The van der Waals surface area contributed by atoms with E-state index in [0.29, 0.717) is 24.1 Å². The molecular weight excluding hydrogens is 332 g/mol. The van der Waals surface area contributed by atoms with E-state index in [9.17, 15) is 9.59 Å². The predicted octanol–water partition coefficient (Wildman–Crippen LogP) is 3.13. The summed E-state index contributed by atoms with van der Waals surface area (Å²) in [6, 6.07) is 11.1. The van der Waals surface area contributed by atoms with Crippen LogP contribution in [-0.4, -0.2) is 31.2 Å². The molecule has 6 heteroatoms. The SMILES string of the molecule is COC(=O)c1ccc(Cc2cn(C)c3ccc(NC=O)cc23)c(OC)c1. The minimum atomic E-state index is -0.399. The van der Waals surface area contributed by atoms with Gasteiger partial charge in [-0.2, -0.15) is 0 Å². The maximum atomic E-state index is 11.7. The first-order valence-corrected chi connectivity index (χ1v) is 8.10. The fraction of sp³-hybridized carbons (Fsp3) is 0.200. The molecule has 0 saturated heterocycles. The molecule has 0 aliphatic carbocycles. The van der Waals surface area contributed by atoms with Gasteiger partial charge >= 0.3 is 5.97 Å². The monoisotopic (exact) mass is 352 g/mol. The average Bonchev–Trinajstić information content (AvgIpc) is 2.96. The van der Waals surface area contributed by atoms with Crippen molar-refractivity contribution in [3.05, 3.63) is 59.3 Å². The number of benzene rings is 2. The van der Waals surface area contributed by atoms with Crippen LogP contribution in [0.15, 0.2) is 42.6 Å². The van der Waals surface area contributed by atoms with Crippen LogP contribution in [0.4, 0.5) is 5.69 Å². The van der Waals surface area contributed by atoms with Gasteiger partial charge in [-0.25, -0.2) is 4.79 Å². The first kappa shape index (κ1) is 17.5. The van der Waals surface area contributed by atoms with Gasteiger partial charge in [0.2, 0.25) is 6.41 Å². The molecule has 1 heterocycles. The van der Waals surface area contributed by atoms with Gasteiger partial charge in [-0.3, -0.25) is 4.79 Å². The standard InChI is InChI=1S/C20H20N2O4/c1-22-11-15(17-10-16(21-12-23)6-7-18(17)22)8-13-4-5-14(20(24)26-3)9-19(13)25-2/h4-7,9-12H,8H2,1-3H3,(H,21,23). The molecule has 0 aliphatic rings. The van der Waals surface area contributed by atoms with E-state index in [-0.39, 0.29) is 0 Å². The molecule has 0 fully saturated rings. The second kappa shape index (κ2) is 7.31. The van der Waals surface area contributed by atoms with Crippen molar-refractivity contribution in [2.24, 2.45) is 7.05 Å². The number of ether oxygens (including phenoxy) is 2. The fourth-order valence-corrected chi connectivity index (χ4v) is 3.11. The number of aryl methyl sites for hydroxylation is 1. The Hall–Kier alpha value is -3.28. The second-order valence-electron chi connectivity index (χ2n) is 5.95. The molecule has 2 aromatic carbocycles. The Labute approximate surface area is 151 Å². The molecule has 26 heavy (non-hydrogen) atoms. The molecule has 3 rings (SSSR count). The number of rotatable bonds is 6. The van der Waals surface area contributed by atoms with Crippen LogP contribution in [0, 0.1) is 0 Å². The van der Waals surface area contributed by atoms with Crippen molar-refractivity contribution < 1.29 is 19.1 Å². The normalized spacial score (nSPS) is 10.6. The number of hydrogen-bond acceptors (Lipinski definition) is 4. The Kier molecular flexibility index (Phi) is 4.93. The summed E-state index contributed by atoms with van der Waals surface area (Å²) >= 11 is 0. The molecule has 0 atom stereocenters. The quantitative estimate of drug-likeness (QED) is 0.547. The van der Waals surface area contributed by atoms with Gasteiger partial charge in [0.15, 0.2) is 0 Å². The highest BCUT2D eigenvalue weighted by Gasteiger charge is 2.14. The zero-order valence-electron chi connectivity index (χ0n) is 14.9. The van der Waals surface area contributed by atoms with Crippen LogP contribution in [0.25, 0.3) is 10.9 Å². The third-order valence-electron chi connectivity index (χ3n) is 4.39. The molecule has 134 valence electrons. The summed E-state index contributed by atoms with van der Waals surface area (Å²) in [5.74, 6) is 0.233. The van der Waals surface area contributed by atoms with Crippen LogP contribution in [-0.2, 0) is 23.0 Å². The number of anilines is 1. The van der Waals surface area contributed by atoms with Gasteiger partial charge in [0, 0.05) is 36.3 Å². The number of fused-ring (bicyclic) bond motifs is 1. The number of carbonyl (C=O) groups excluding carboxylic acids is 2. The van der Waals surface area contributed by atoms with Gasteiger partial charge in [0.1, 0.15) is 5.75 Å². The van der Waals surface area contributed by atoms with Gasteiger partial charge < -0.3 is 19.4 Å². The lowest BCUT2D eigenvalue weighted by atomic mass is 10.0. The van der Waals surface area contributed by atoms with Crippen LogP contribution in [0.5, 0.6) is 5.75 Å². The topological polar surface area (TPSA) is 69.6 Å². The molecule has 1 amide bonds. The van der Waals surface area contributed by atoms with E-state index >= 15 is 0 Å². The molecule has 3 aromatic rings. The molecule has 1 N–H and O–H groups in total. The number of hydrogen-bond donors (Lipinski definition) is 1. The highest BCUT2D eigenvalue weighted by Crippen LogP contribution is 2.29.